The Morgan fingerprint density at radius 2 is 2.11 bits per heavy atom. The summed E-state index contributed by atoms with van der Waals surface area (Å²) in [6.45, 7) is 5.38. The molecule has 1 unspecified atom stereocenters. The minimum atomic E-state index is -0.452. The molecule has 1 atom stereocenters. The number of nitrogens with zero attached hydrogens (tertiary/aromatic N) is 1. The zero-order chi connectivity index (χ0) is 13.0. The summed E-state index contributed by atoms with van der Waals surface area (Å²) in [6, 6.07) is 7.56. The topological polar surface area (TPSA) is 23.5 Å². The second kappa shape index (κ2) is 6.55. The number of benzene rings is 1. The Morgan fingerprint density at radius 1 is 1.39 bits per heavy atom. The van der Waals surface area contributed by atoms with Crippen LogP contribution in [0.4, 0.5) is 0 Å². The molecule has 0 amide bonds. The van der Waals surface area contributed by atoms with Crippen molar-refractivity contribution < 1.29 is 5.11 Å². The number of aliphatic hydroxyl groups is 1. The predicted molar refractivity (Wildman–Crippen MR) is 75.9 cm³/mol. The number of halogens is 1. The molecule has 0 bridgehead atoms. The lowest BCUT2D eigenvalue weighted by Gasteiger charge is -2.22. The van der Waals surface area contributed by atoms with E-state index in [2.05, 4.69) is 11.8 Å². The predicted octanol–water partition coefficient (Wildman–Crippen LogP) is 3.50. The average molecular weight is 268 g/mol. The monoisotopic (exact) mass is 267 g/mol. The van der Waals surface area contributed by atoms with Gasteiger partial charge in [-0.15, -0.1) is 0 Å². The molecule has 2 nitrogen and oxygen atoms in total. The molecule has 1 aliphatic carbocycles. The van der Waals surface area contributed by atoms with Crippen LogP contribution in [0.5, 0.6) is 0 Å². The van der Waals surface area contributed by atoms with Crippen LogP contribution in [0, 0.1) is 5.92 Å². The third-order valence-corrected chi connectivity index (χ3v) is 3.99. The maximum absolute atomic E-state index is 10.2. The first-order valence-electron chi connectivity index (χ1n) is 6.85. The zero-order valence-electron chi connectivity index (χ0n) is 11.0. The Hall–Kier alpha value is -0.570. The van der Waals surface area contributed by atoms with Crippen LogP contribution < -0.4 is 0 Å². The lowest BCUT2D eigenvalue weighted by molar-refractivity contribution is 0.142. The van der Waals surface area contributed by atoms with Gasteiger partial charge in [-0.2, -0.15) is 0 Å². The largest absolute Gasteiger partial charge is 0.388 e. The molecule has 1 aliphatic rings. The minimum Gasteiger partial charge on any atom is -0.388 e. The quantitative estimate of drug-likeness (QED) is 0.817. The van der Waals surface area contributed by atoms with Crippen molar-refractivity contribution in [1.82, 2.24) is 4.90 Å². The van der Waals surface area contributed by atoms with Crippen molar-refractivity contribution in [3.63, 3.8) is 0 Å². The fraction of sp³-hybridized carbons (Fsp3) is 0.600. The van der Waals surface area contributed by atoms with Crippen LogP contribution in [-0.4, -0.2) is 29.6 Å². The van der Waals surface area contributed by atoms with Gasteiger partial charge in [0.05, 0.1) is 6.10 Å². The Kier molecular flexibility index (Phi) is 5.04. The average Bonchev–Trinajstić information content (AvgIpc) is 3.18. The summed E-state index contributed by atoms with van der Waals surface area (Å²) >= 11 is 6.09. The van der Waals surface area contributed by atoms with Gasteiger partial charge in [-0.3, -0.25) is 0 Å². The van der Waals surface area contributed by atoms with E-state index in [-0.39, 0.29) is 0 Å². The summed E-state index contributed by atoms with van der Waals surface area (Å²) in [5.74, 6) is 0.905. The molecule has 2 rings (SSSR count). The molecule has 1 N–H and O–H groups in total. The summed E-state index contributed by atoms with van der Waals surface area (Å²) in [5, 5.41) is 10.8. The van der Waals surface area contributed by atoms with Gasteiger partial charge in [0.25, 0.3) is 0 Å². The van der Waals surface area contributed by atoms with E-state index in [0.717, 1.165) is 31.0 Å². The fourth-order valence-corrected chi connectivity index (χ4v) is 2.51. The van der Waals surface area contributed by atoms with Crippen molar-refractivity contribution in [3.8, 4) is 0 Å². The van der Waals surface area contributed by atoms with E-state index in [1.807, 2.05) is 24.3 Å². The first-order chi connectivity index (χ1) is 8.70. The fourth-order valence-electron chi connectivity index (χ4n) is 2.25. The Morgan fingerprint density at radius 3 is 2.72 bits per heavy atom. The number of hydrogen-bond acceptors (Lipinski definition) is 2. The van der Waals surface area contributed by atoms with Crippen molar-refractivity contribution in [3.05, 3.63) is 34.9 Å². The molecule has 0 aliphatic heterocycles. The van der Waals surface area contributed by atoms with E-state index in [4.69, 9.17) is 11.6 Å². The molecule has 0 aromatic heterocycles. The highest BCUT2D eigenvalue weighted by atomic mass is 35.5. The summed E-state index contributed by atoms with van der Waals surface area (Å²) < 4.78 is 0. The van der Waals surface area contributed by atoms with Crippen molar-refractivity contribution in [1.29, 1.82) is 0 Å². The van der Waals surface area contributed by atoms with E-state index >= 15 is 0 Å². The van der Waals surface area contributed by atoms with E-state index in [9.17, 15) is 5.11 Å². The number of aliphatic hydroxyl groups excluding tert-OH is 1. The maximum atomic E-state index is 10.2. The van der Waals surface area contributed by atoms with E-state index in [1.54, 1.807) is 0 Å². The van der Waals surface area contributed by atoms with Gasteiger partial charge >= 0.3 is 0 Å². The molecule has 1 aromatic rings. The normalized spacial score (nSPS) is 17.1. The van der Waals surface area contributed by atoms with Crippen molar-refractivity contribution in [2.24, 2.45) is 5.92 Å². The minimum absolute atomic E-state index is 0.452. The van der Waals surface area contributed by atoms with Crippen LogP contribution in [0.25, 0.3) is 0 Å². The highest BCUT2D eigenvalue weighted by Crippen LogP contribution is 2.30. The molecule has 0 spiro atoms. The van der Waals surface area contributed by atoms with Crippen LogP contribution in [0.1, 0.15) is 37.9 Å². The lowest BCUT2D eigenvalue weighted by atomic mass is 10.1. The third kappa shape index (κ3) is 3.98. The number of hydrogen-bond donors (Lipinski definition) is 1. The van der Waals surface area contributed by atoms with E-state index in [0.29, 0.717) is 5.02 Å². The highest BCUT2D eigenvalue weighted by molar-refractivity contribution is 6.31. The molecule has 0 radical (unpaired) electrons. The summed E-state index contributed by atoms with van der Waals surface area (Å²) in [4.78, 5) is 2.43. The molecule has 1 aromatic carbocycles. The van der Waals surface area contributed by atoms with Crippen molar-refractivity contribution in [2.45, 2.75) is 32.3 Å². The van der Waals surface area contributed by atoms with Gasteiger partial charge in [-0.05, 0) is 43.4 Å². The molecule has 0 heterocycles. The zero-order valence-corrected chi connectivity index (χ0v) is 11.7. The first kappa shape index (κ1) is 13.9. The second-order valence-electron chi connectivity index (χ2n) is 5.16. The van der Waals surface area contributed by atoms with Gasteiger partial charge in [0.15, 0.2) is 0 Å². The van der Waals surface area contributed by atoms with Crippen molar-refractivity contribution >= 4 is 11.6 Å². The third-order valence-electron chi connectivity index (χ3n) is 3.64. The first-order valence-corrected chi connectivity index (χ1v) is 7.23. The van der Waals surface area contributed by atoms with Gasteiger partial charge in [0.2, 0.25) is 0 Å². The summed E-state index contributed by atoms with van der Waals surface area (Å²) in [6.07, 6.45) is 3.06. The molecule has 100 valence electrons. The summed E-state index contributed by atoms with van der Waals surface area (Å²) in [5.41, 5.74) is 0.849. The summed E-state index contributed by atoms with van der Waals surface area (Å²) in [7, 11) is 0. The molecular weight excluding hydrogens is 246 g/mol. The Balaban J connectivity index is 1.82. The molecule has 3 heteroatoms. The number of rotatable bonds is 7. The van der Waals surface area contributed by atoms with E-state index in [1.165, 1.54) is 19.4 Å². The van der Waals surface area contributed by atoms with Gasteiger partial charge in [0.1, 0.15) is 0 Å². The molecule has 1 fully saturated rings. The maximum Gasteiger partial charge on any atom is 0.0816 e. The van der Waals surface area contributed by atoms with E-state index < -0.39 is 6.10 Å². The Labute approximate surface area is 115 Å². The van der Waals surface area contributed by atoms with Crippen LogP contribution in [0.3, 0.4) is 0 Å². The molecule has 0 saturated heterocycles. The molecule has 1 saturated carbocycles. The second-order valence-corrected chi connectivity index (χ2v) is 5.57. The van der Waals surface area contributed by atoms with Crippen LogP contribution in [0.15, 0.2) is 24.3 Å². The van der Waals surface area contributed by atoms with Gasteiger partial charge in [0, 0.05) is 18.1 Å². The van der Waals surface area contributed by atoms with Crippen LogP contribution in [0.2, 0.25) is 5.02 Å². The van der Waals surface area contributed by atoms with Gasteiger partial charge in [-0.1, -0.05) is 36.7 Å². The standard InChI is InChI=1S/C15H22ClNO/c1-2-17(11-12-7-8-12)10-9-15(18)13-5-3-4-6-14(13)16/h3-6,12,15,18H,2,7-11H2,1H3. The molecule has 18 heavy (non-hydrogen) atoms. The van der Waals surface area contributed by atoms with Crippen LogP contribution in [-0.2, 0) is 0 Å². The smallest absolute Gasteiger partial charge is 0.0816 e. The van der Waals surface area contributed by atoms with Gasteiger partial charge in [-0.25, -0.2) is 0 Å². The SMILES string of the molecule is CCN(CCC(O)c1ccccc1Cl)CC1CC1. The Bertz CT molecular complexity index is 379. The highest BCUT2D eigenvalue weighted by Gasteiger charge is 2.24. The lowest BCUT2D eigenvalue weighted by Crippen LogP contribution is -2.28. The molecular formula is C15H22ClNO. The van der Waals surface area contributed by atoms with Gasteiger partial charge < -0.3 is 10.0 Å². The van der Waals surface area contributed by atoms with Crippen LogP contribution >= 0.6 is 11.6 Å². The van der Waals surface area contributed by atoms with Crippen molar-refractivity contribution in [2.75, 3.05) is 19.6 Å².